The first-order valence-electron chi connectivity index (χ1n) is 8.69. The van der Waals surface area contributed by atoms with E-state index in [0.29, 0.717) is 15.9 Å². The van der Waals surface area contributed by atoms with E-state index in [0.717, 1.165) is 35.4 Å². The van der Waals surface area contributed by atoms with Crippen LogP contribution in [0.1, 0.15) is 25.7 Å². The Kier molecular flexibility index (Phi) is 4.78. The zero-order valence-corrected chi connectivity index (χ0v) is 15.4. The van der Waals surface area contributed by atoms with Crippen molar-refractivity contribution in [2.24, 2.45) is 0 Å². The second-order valence-corrected chi connectivity index (χ2v) is 7.26. The van der Waals surface area contributed by atoms with Crippen molar-refractivity contribution in [2.45, 2.75) is 25.7 Å². The lowest BCUT2D eigenvalue weighted by molar-refractivity contribution is 0.726. The number of aromatic nitrogens is 2. The van der Waals surface area contributed by atoms with Crippen LogP contribution in [0, 0.1) is 0 Å². The SMILES string of the molecule is Clc1ccc(-c2nc(N3CCCCCC3)c3ccccc3n2)c(Cl)c1. The molecule has 1 saturated heterocycles. The summed E-state index contributed by atoms with van der Waals surface area (Å²) in [7, 11) is 0. The van der Waals surface area contributed by atoms with E-state index in [1.54, 1.807) is 6.07 Å². The highest BCUT2D eigenvalue weighted by Gasteiger charge is 2.17. The van der Waals surface area contributed by atoms with E-state index in [2.05, 4.69) is 11.0 Å². The molecule has 0 unspecified atom stereocenters. The van der Waals surface area contributed by atoms with Crippen molar-refractivity contribution in [1.82, 2.24) is 9.97 Å². The molecule has 0 spiro atoms. The van der Waals surface area contributed by atoms with Crippen molar-refractivity contribution in [3.63, 3.8) is 0 Å². The maximum absolute atomic E-state index is 6.40. The first kappa shape index (κ1) is 16.6. The van der Waals surface area contributed by atoms with E-state index in [-0.39, 0.29) is 0 Å². The third-order valence-corrected chi connectivity index (χ3v) is 5.21. The fourth-order valence-corrected chi connectivity index (χ4v) is 3.87. The standard InChI is InChI=1S/C20H19Cl2N3/c21-14-9-10-15(17(22)13-14)19-23-18-8-4-3-7-16(18)20(24-19)25-11-5-1-2-6-12-25/h3-4,7-10,13H,1-2,5-6,11-12H2. The number of fused-ring (bicyclic) bond motifs is 1. The molecule has 1 aliphatic heterocycles. The summed E-state index contributed by atoms with van der Waals surface area (Å²) in [6, 6.07) is 13.6. The van der Waals surface area contributed by atoms with Crippen LogP contribution in [0.4, 0.5) is 5.82 Å². The Morgan fingerprint density at radius 1 is 0.840 bits per heavy atom. The highest BCUT2D eigenvalue weighted by atomic mass is 35.5. The van der Waals surface area contributed by atoms with Gasteiger partial charge < -0.3 is 4.90 Å². The van der Waals surface area contributed by atoms with Gasteiger partial charge in [-0.15, -0.1) is 0 Å². The van der Waals surface area contributed by atoms with Crippen LogP contribution in [-0.4, -0.2) is 23.1 Å². The molecule has 0 bridgehead atoms. The lowest BCUT2D eigenvalue weighted by atomic mass is 10.1. The van der Waals surface area contributed by atoms with Gasteiger partial charge in [-0.25, -0.2) is 9.97 Å². The lowest BCUT2D eigenvalue weighted by Crippen LogP contribution is -2.25. The van der Waals surface area contributed by atoms with Crippen LogP contribution in [-0.2, 0) is 0 Å². The number of hydrogen-bond acceptors (Lipinski definition) is 3. The molecule has 0 amide bonds. The van der Waals surface area contributed by atoms with Crippen LogP contribution in [0.15, 0.2) is 42.5 Å². The van der Waals surface area contributed by atoms with Crippen LogP contribution in [0.2, 0.25) is 10.0 Å². The molecule has 128 valence electrons. The molecule has 4 rings (SSSR count). The van der Waals surface area contributed by atoms with E-state index in [9.17, 15) is 0 Å². The third-order valence-electron chi connectivity index (χ3n) is 4.66. The van der Waals surface area contributed by atoms with E-state index >= 15 is 0 Å². The molecule has 2 aromatic carbocycles. The van der Waals surface area contributed by atoms with Gasteiger partial charge in [-0.3, -0.25) is 0 Å². The second kappa shape index (κ2) is 7.19. The number of halogens is 2. The predicted molar refractivity (Wildman–Crippen MR) is 106 cm³/mol. The molecule has 0 saturated carbocycles. The minimum absolute atomic E-state index is 0.574. The van der Waals surface area contributed by atoms with E-state index < -0.39 is 0 Å². The molecular formula is C20H19Cl2N3. The average Bonchev–Trinajstić information content (AvgIpc) is 2.90. The van der Waals surface area contributed by atoms with Crippen LogP contribution in [0.25, 0.3) is 22.3 Å². The number of anilines is 1. The van der Waals surface area contributed by atoms with E-state index in [1.807, 2.05) is 30.3 Å². The Morgan fingerprint density at radius 3 is 2.36 bits per heavy atom. The molecule has 0 N–H and O–H groups in total. The number of para-hydroxylation sites is 1. The van der Waals surface area contributed by atoms with Crippen molar-refractivity contribution < 1.29 is 0 Å². The van der Waals surface area contributed by atoms with Crippen LogP contribution < -0.4 is 4.90 Å². The first-order valence-corrected chi connectivity index (χ1v) is 9.45. The largest absolute Gasteiger partial charge is 0.356 e. The smallest absolute Gasteiger partial charge is 0.163 e. The number of hydrogen-bond donors (Lipinski definition) is 0. The maximum Gasteiger partial charge on any atom is 0.163 e. The minimum Gasteiger partial charge on any atom is -0.356 e. The zero-order valence-electron chi connectivity index (χ0n) is 13.9. The van der Waals surface area contributed by atoms with Crippen molar-refractivity contribution in [1.29, 1.82) is 0 Å². The van der Waals surface area contributed by atoms with Crippen LogP contribution in [0.5, 0.6) is 0 Å². The summed E-state index contributed by atoms with van der Waals surface area (Å²) in [6.45, 7) is 2.07. The van der Waals surface area contributed by atoms with Crippen molar-refractivity contribution in [2.75, 3.05) is 18.0 Å². The molecule has 3 aromatic rings. The van der Waals surface area contributed by atoms with Gasteiger partial charge in [-0.1, -0.05) is 48.2 Å². The molecule has 0 atom stereocenters. The van der Waals surface area contributed by atoms with Crippen LogP contribution >= 0.6 is 23.2 Å². The average molecular weight is 372 g/mol. The number of nitrogens with zero attached hydrogens (tertiary/aromatic N) is 3. The Labute approximate surface area is 157 Å². The summed E-state index contributed by atoms with van der Waals surface area (Å²) in [5, 5.41) is 2.28. The van der Waals surface area contributed by atoms with Gasteiger partial charge in [0, 0.05) is 29.1 Å². The normalized spacial score (nSPS) is 15.4. The van der Waals surface area contributed by atoms with Gasteiger partial charge >= 0.3 is 0 Å². The molecule has 25 heavy (non-hydrogen) atoms. The summed E-state index contributed by atoms with van der Waals surface area (Å²) in [4.78, 5) is 12.1. The van der Waals surface area contributed by atoms with Crippen molar-refractivity contribution in [3.05, 3.63) is 52.5 Å². The molecular weight excluding hydrogens is 353 g/mol. The molecule has 1 fully saturated rings. The summed E-state index contributed by atoms with van der Waals surface area (Å²) in [5.41, 5.74) is 1.76. The molecule has 5 heteroatoms. The van der Waals surface area contributed by atoms with Gasteiger partial charge in [0.15, 0.2) is 5.82 Å². The monoisotopic (exact) mass is 371 g/mol. The third kappa shape index (κ3) is 3.44. The molecule has 0 aliphatic carbocycles. The fourth-order valence-electron chi connectivity index (χ4n) is 3.37. The topological polar surface area (TPSA) is 29.0 Å². The number of benzene rings is 2. The minimum atomic E-state index is 0.574. The van der Waals surface area contributed by atoms with Crippen molar-refractivity contribution in [3.8, 4) is 11.4 Å². The quantitative estimate of drug-likeness (QED) is 0.554. The highest BCUT2D eigenvalue weighted by molar-refractivity contribution is 6.36. The van der Waals surface area contributed by atoms with Gasteiger partial charge in [0.1, 0.15) is 5.82 Å². The summed E-state index contributed by atoms with van der Waals surface area (Å²) < 4.78 is 0. The summed E-state index contributed by atoms with van der Waals surface area (Å²) >= 11 is 12.4. The Hall–Kier alpha value is -1.84. The summed E-state index contributed by atoms with van der Waals surface area (Å²) in [5.74, 6) is 1.66. The van der Waals surface area contributed by atoms with Gasteiger partial charge in [-0.2, -0.15) is 0 Å². The van der Waals surface area contributed by atoms with Gasteiger partial charge in [0.25, 0.3) is 0 Å². The van der Waals surface area contributed by atoms with E-state index in [4.69, 9.17) is 33.2 Å². The molecule has 1 aromatic heterocycles. The predicted octanol–water partition coefficient (Wildman–Crippen LogP) is 5.98. The van der Waals surface area contributed by atoms with E-state index in [1.165, 1.54) is 25.7 Å². The zero-order chi connectivity index (χ0) is 17.2. The molecule has 1 aliphatic rings. The first-order chi connectivity index (χ1) is 12.2. The molecule has 2 heterocycles. The number of rotatable bonds is 2. The molecule has 3 nitrogen and oxygen atoms in total. The van der Waals surface area contributed by atoms with Crippen LogP contribution in [0.3, 0.4) is 0 Å². The molecule has 0 radical (unpaired) electrons. The fraction of sp³-hybridized carbons (Fsp3) is 0.300. The maximum atomic E-state index is 6.40. The van der Waals surface area contributed by atoms with Gasteiger partial charge in [0.2, 0.25) is 0 Å². The Bertz CT molecular complexity index is 903. The summed E-state index contributed by atoms with van der Waals surface area (Å²) in [6.07, 6.45) is 4.98. The second-order valence-electron chi connectivity index (χ2n) is 6.41. The Balaban J connectivity index is 1.88. The Morgan fingerprint density at radius 2 is 1.60 bits per heavy atom. The lowest BCUT2D eigenvalue weighted by Gasteiger charge is -2.23. The van der Waals surface area contributed by atoms with Crippen molar-refractivity contribution >= 4 is 39.9 Å². The highest BCUT2D eigenvalue weighted by Crippen LogP contribution is 2.33. The van der Waals surface area contributed by atoms with Gasteiger partial charge in [-0.05, 0) is 43.2 Å². The van der Waals surface area contributed by atoms with Gasteiger partial charge in [0.05, 0.1) is 10.5 Å².